The van der Waals surface area contributed by atoms with Crippen LogP contribution in [-0.4, -0.2) is 9.97 Å². The van der Waals surface area contributed by atoms with Crippen LogP contribution in [0, 0.1) is 19.1 Å². The first-order chi connectivity index (χ1) is 22.5. The average molecular weight is 783 g/mol. The molecule has 3 heteroatoms. The molecule has 231 valence electrons. The molecule has 0 saturated heterocycles. The molecule has 1 radical (unpaired) electrons. The van der Waals surface area contributed by atoms with Crippen molar-refractivity contribution in [3.8, 4) is 55.9 Å². The van der Waals surface area contributed by atoms with Gasteiger partial charge in [0.2, 0.25) is 0 Å². The second-order valence-corrected chi connectivity index (χ2v) is 12.2. The number of hydrogen-bond acceptors (Lipinski definition) is 2. The maximum Gasteiger partial charge on any atom is 0.0266 e. The van der Waals surface area contributed by atoms with Gasteiger partial charge in [0, 0.05) is 37.4 Å². The summed E-state index contributed by atoms with van der Waals surface area (Å²) in [6.45, 7) is 6.65. The fourth-order valence-electron chi connectivity index (χ4n) is 6.30. The first-order valence-corrected chi connectivity index (χ1v) is 15.7. The van der Waals surface area contributed by atoms with E-state index in [4.69, 9.17) is 0 Å². The molecule has 0 amide bonds. The Morgan fingerprint density at radius 1 is 0.511 bits per heavy atom. The summed E-state index contributed by atoms with van der Waals surface area (Å²) in [5, 5.41) is 0. The Kier molecular flexibility index (Phi) is 9.40. The van der Waals surface area contributed by atoms with Crippen molar-refractivity contribution in [3.05, 3.63) is 181 Å². The van der Waals surface area contributed by atoms with E-state index in [2.05, 4.69) is 115 Å². The minimum absolute atomic E-state index is 0. The molecule has 2 aromatic heterocycles. The summed E-state index contributed by atoms with van der Waals surface area (Å²) in [5.41, 5.74) is 15.5. The van der Waals surface area contributed by atoms with Gasteiger partial charge in [-0.25, -0.2) is 0 Å². The van der Waals surface area contributed by atoms with Gasteiger partial charge in [0.15, 0.2) is 0 Å². The minimum Gasteiger partial charge on any atom is -0.305 e. The number of hydrogen-bond donors (Lipinski definition) is 0. The van der Waals surface area contributed by atoms with Gasteiger partial charge in [-0.15, -0.1) is 71.3 Å². The molecule has 0 N–H and O–H groups in total. The van der Waals surface area contributed by atoms with Crippen LogP contribution in [0.2, 0.25) is 0 Å². The van der Waals surface area contributed by atoms with Gasteiger partial charge >= 0.3 is 0 Å². The summed E-state index contributed by atoms with van der Waals surface area (Å²) >= 11 is 0. The van der Waals surface area contributed by atoms with Crippen molar-refractivity contribution in [2.45, 2.75) is 26.2 Å². The maximum absolute atomic E-state index is 4.46. The number of rotatable bonds is 4. The second-order valence-electron chi connectivity index (χ2n) is 12.2. The summed E-state index contributed by atoms with van der Waals surface area (Å²) in [4.78, 5) is 8.87. The van der Waals surface area contributed by atoms with E-state index in [0.29, 0.717) is 0 Å². The molecule has 2 heterocycles. The molecule has 0 saturated carbocycles. The molecule has 1 aliphatic carbocycles. The van der Waals surface area contributed by atoms with E-state index in [-0.39, 0.29) is 25.5 Å². The Hall–Kier alpha value is -4.95. The van der Waals surface area contributed by atoms with Crippen molar-refractivity contribution < 1.29 is 20.1 Å². The summed E-state index contributed by atoms with van der Waals surface area (Å²) in [6, 6.07) is 57.1. The van der Waals surface area contributed by atoms with E-state index in [1.807, 2.05) is 79.9 Å². The third-order valence-corrected chi connectivity index (χ3v) is 8.75. The van der Waals surface area contributed by atoms with Gasteiger partial charge in [-0.2, -0.15) is 0 Å². The Morgan fingerprint density at radius 2 is 1.17 bits per heavy atom. The standard InChI is InChI=1S/C32H24N.C12H10N.Ir/c1-32(2)29-11-4-3-10-27(29)28-18-17-25(21-30(28)32)23-15-13-22(14-16-23)24-8-7-9-26(20-24)31-12-5-6-19-33-31;1-10-6-5-9-12(13-10)11-7-3-2-4-8-11;/h3-8,10-21H,1-2H3;2-7,9H,1H3;/q2*-1;. The number of aromatic nitrogens is 2. The Labute approximate surface area is 291 Å². The summed E-state index contributed by atoms with van der Waals surface area (Å²) in [7, 11) is 0. The Balaban J connectivity index is 0.000000232. The van der Waals surface area contributed by atoms with Crippen molar-refractivity contribution in [2.24, 2.45) is 0 Å². The average Bonchev–Trinajstić information content (AvgIpc) is 3.35. The summed E-state index contributed by atoms with van der Waals surface area (Å²) < 4.78 is 0. The van der Waals surface area contributed by atoms with Crippen LogP contribution in [-0.2, 0) is 25.5 Å². The molecule has 0 fully saturated rings. The zero-order valence-corrected chi connectivity index (χ0v) is 29.1. The SMILES string of the molecule is CC1(C)c2ccccc2-c2ccc(-c3ccc(-c4cc[c-]c(-c5ccccn5)c4)cc3)cc21.Cc1cccc(-c2[c-]cccc2)n1.[Ir]. The van der Waals surface area contributed by atoms with Crippen LogP contribution in [0.25, 0.3) is 55.9 Å². The normalized spacial score (nSPS) is 12.1. The third-order valence-electron chi connectivity index (χ3n) is 8.75. The van der Waals surface area contributed by atoms with E-state index in [9.17, 15) is 0 Å². The first kappa shape index (κ1) is 32.0. The zero-order chi connectivity index (χ0) is 31.5. The van der Waals surface area contributed by atoms with E-state index < -0.39 is 0 Å². The number of aryl methyl sites for hydroxylation is 1. The van der Waals surface area contributed by atoms with Crippen LogP contribution in [0.1, 0.15) is 30.7 Å². The van der Waals surface area contributed by atoms with Crippen molar-refractivity contribution in [1.82, 2.24) is 9.97 Å². The van der Waals surface area contributed by atoms with Crippen LogP contribution in [0.3, 0.4) is 0 Å². The number of benzene rings is 5. The monoisotopic (exact) mass is 783 g/mol. The smallest absolute Gasteiger partial charge is 0.0266 e. The fourth-order valence-corrected chi connectivity index (χ4v) is 6.30. The summed E-state index contributed by atoms with van der Waals surface area (Å²) in [6.07, 6.45) is 1.82. The second kappa shape index (κ2) is 13.8. The van der Waals surface area contributed by atoms with Crippen LogP contribution < -0.4 is 0 Å². The third kappa shape index (κ3) is 6.65. The van der Waals surface area contributed by atoms with Crippen molar-refractivity contribution in [3.63, 3.8) is 0 Å². The summed E-state index contributed by atoms with van der Waals surface area (Å²) in [5.74, 6) is 0. The predicted octanol–water partition coefficient (Wildman–Crippen LogP) is 11.0. The molecule has 47 heavy (non-hydrogen) atoms. The molecule has 0 unspecified atom stereocenters. The molecule has 5 aromatic carbocycles. The van der Waals surface area contributed by atoms with Crippen molar-refractivity contribution >= 4 is 0 Å². The van der Waals surface area contributed by atoms with Gasteiger partial charge in [-0.05, 0) is 75.5 Å². The minimum atomic E-state index is 0. The van der Waals surface area contributed by atoms with Gasteiger partial charge in [0.1, 0.15) is 0 Å². The van der Waals surface area contributed by atoms with E-state index in [1.165, 1.54) is 44.5 Å². The van der Waals surface area contributed by atoms with Gasteiger partial charge in [-0.3, -0.25) is 0 Å². The molecule has 0 spiro atoms. The van der Waals surface area contributed by atoms with Crippen LogP contribution in [0.15, 0.2) is 152 Å². The van der Waals surface area contributed by atoms with E-state index >= 15 is 0 Å². The topological polar surface area (TPSA) is 25.8 Å². The van der Waals surface area contributed by atoms with Crippen molar-refractivity contribution in [2.75, 3.05) is 0 Å². The predicted molar refractivity (Wildman–Crippen MR) is 190 cm³/mol. The molecule has 7 aromatic rings. The number of pyridine rings is 2. The van der Waals surface area contributed by atoms with Crippen LogP contribution in [0.4, 0.5) is 0 Å². The van der Waals surface area contributed by atoms with Gasteiger partial charge < -0.3 is 9.97 Å². The molecule has 0 bridgehead atoms. The van der Waals surface area contributed by atoms with E-state index in [1.54, 1.807) is 0 Å². The fraction of sp³-hybridized carbons (Fsp3) is 0.0909. The van der Waals surface area contributed by atoms with Gasteiger partial charge in [-0.1, -0.05) is 98.8 Å². The van der Waals surface area contributed by atoms with Crippen LogP contribution >= 0.6 is 0 Å². The Morgan fingerprint density at radius 3 is 1.89 bits per heavy atom. The van der Waals surface area contributed by atoms with Gasteiger partial charge in [0.05, 0.1) is 0 Å². The van der Waals surface area contributed by atoms with Gasteiger partial charge in [0.25, 0.3) is 0 Å². The molecule has 0 atom stereocenters. The number of nitrogens with zero attached hydrogens (tertiary/aromatic N) is 2. The van der Waals surface area contributed by atoms with Crippen LogP contribution in [0.5, 0.6) is 0 Å². The molecular weight excluding hydrogens is 749 g/mol. The molecular formula is C44H34IrN2-2. The molecule has 8 rings (SSSR count). The molecule has 0 aliphatic heterocycles. The Bertz CT molecular complexity index is 2120. The van der Waals surface area contributed by atoms with E-state index in [0.717, 1.165) is 28.2 Å². The quantitative estimate of drug-likeness (QED) is 0.166. The zero-order valence-electron chi connectivity index (χ0n) is 26.7. The molecule has 1 aliphatic rings. The number of fused-ring (bicyclic) bond motifs is 3. The molecule has 2 nitrogen and oxygen atoms in total. The maximum atomic E-state index is 4.46. The van der Waals surface area contributed by atoms with Crippen molar-refractivity contribution in [1.29, 1.82) is 0 Å². The largest absolute Gasteiger partial charge is 0.305 e. The first-order valence-electron chi connectivity index (χ1n) is 15.7.